The molecule has 0 unspecified atom stereocenters. The van der Waals surface area contributed by atoms with E-state index < -0.39 is 8.32 Å². The molecule has 1 saturated heterocycles. The van der Waals surface area contributed by atoms with Crippen molar-refractivity contribution in [2.24, 2.45) is 5.92 Å². The SMILES string of the molecule is CC(C)(C[C@H]1CCC[C@@H](O)[C@@H]1N1CCCC1)[Si](O)(c1ccccc1)c1ccccc1. The van der Waals surface area contributed by atoms with Gasteiger partial charge < -0.3 is 9.90 Å². The minimum absolute atomic E-state index is 0.235. The van der Waals surface area contributed by atoms with E-state index in [1.54, 1.807) is 0 Å². The van der Waals surface area contributed by atoms with E-state index in [1.807, 2.05) is 36.4 Å². The van der Waals surface area contributed by atoms with Crippen LogP contribution in [0, 0.1) is 5.92 Å². The van der Waals surface area contributed by atoms with E-state index in [1.165, 1.54) is 12.8 Å². The van der Waals surface area contributed by atoms with Crippen LogP contribution in [0.1, 0.15) is 52.4 Å². The lowest BCUT2D eigenvalue weighted by atomic mass is 9.77. The molecule has 0 amide bonds. The molecule has 1 aliphatic carbocycles. The van der Waals surface area contributed by atoms with Gasteiger partial charge in [-0.3, -0.25) is 4.90 Å². The Morgan fingerprint density at radius 2 is 1.40 bits per heavy atom. The second-order valence-corrected chi connectivity index (χ2v) is 14.0. The van der Waals surface area contributed by atoms with Gasteiger partial charge in [-0.1, -0.05) is 80.9 Å². The minimum atomic E-state index is -3.00. The number of aliphatic hydroxyl groups excluding tert-OH is 1. The van der Waals surface area contributed by atoms with Crippen LogP contribution in [-0.2, 0) is 0 Å². The lowest BCUT2D eigenvalue weighted by Crippen LogP contribution is -2.66. The molecule has 2 aromatic carbocycles. The maximum absolute atomic E-state index is 12.5. The number of likely N-dealkylation sites (tertiary alicyclic amines) is 1. The fourth-order valence-corrected chi connectivity index (χ4v) is 9.96. The van der Waals surface area contributed by atoms with Crippen LogP contribution in [-0.4, -0.2) is 48.4 Å². The number of aliphatic hydroxyl groups is 1. The lowest BCUT2D eigenvalue weighted by molar-refractivity contribution is -0.00909. The van der Waals surface area contributed by atoms with Gasteiger partial charge in [0.2, 0.25) is 0 Å². The molecule has 1 saturated carbocycles. The van der Waals surface area contributed by atoms with Crippen molar-refractivity contribution in [1.82, 2.24) is 4.90 Å². The van der Waals surface area contributed by atoms with E-state index in [0.717, 1.165) is 49.1 Å². The number of rotatable bonds is 6. The first-order valence-corrected chi connectivity index (χ1v) is 13.6. The van der Waals surface area contributed by atoms with Crippen LogP contribution in [0.3, 0.4) is 0 Å². The maximum Gasteiger partial charge on any atom is 0.258 e. The molecular weight excluding hydrogens is 386 g/mol. The summed E-state index contributed by atoms with van der Waals surface area (Å²) >= 11 is 0. The Bertz CT molecular complexity index is 765. The van der Waals surface area contributed by atoms with Crippen LogP contribution in [0.25, 0.3) is 0 Å². The molecule has 4 rings (SSSR count). The van der Waals surface area contributed by atoms with Crippen molar-refractivity contribution in [3.8, 4) is 0 Å². The summed E-state index contributed by atoms with van der Waals surface area (Å²) in [7, 11) is -3.00. The Morgan fingerprint density at radius 1 is 0.867 bits per heavy atom. The third-order valence-electron chi connectivity index (χ3n) is 7.65. The Morgan fingerprint density at radius 3 is 1.93 bits per heavy atom. The molecule has 1 heterocycles. The first-order chi connectivity index (χ1) is 14.4. The molecule has 30 heavy (non-hydrogen) atoms. The average molecular weight is 424 g/mol. The third-order valence-corrected chi connectivity index (χ3v) is 12.2. The first kappa shape index (κ1) is 21.8. The molecule has 162 valence electrons. The molecule has 2 N–H and O–H groups in total. The first-order valence-electron chi connectivity index (χ1n) is 11.7. The Kier molecular flexibility index (Phi) is 6.49. The number of nitrogens with zero attached hydrogens (tertiary/aromatic N) is 1. The van der Waals surface area contributed by atoms with Crippen molar-refractivity contribution in [3.05, 3.63) is 60.7 Å². The highest BCUT2D eigenvalue weighted by Gasteiger charge is 2.52. The van der Waals surface area contributed by atoms with E-state index in [-0.39, 0.29) is 17.2 Å². The summed E-state index contributed by atoms with van der Waals surface area (Å²) in [6.07, 6.45) is 6.34. The normalized spacial score (nSPS) is 26.1. The summed E-state index contributed by atoms with van der Waals surface area (Å²) in [6.45, 7) is 6.75. The Balaban J connectivity index is 1.69. The molecule has 0 spiro atoms. The highest BCUT2D eigenvalue weighted by Crippen LogP contribution is 2.46. The van der Waals surface area contributed by atoms with Crippen molar-refractivity contribution >= 4 is 18.7 Å². The molecule has 0 aromatic heterocycles. The predicted octanol–water partition coefficient (Wildman–Crippen LogP) is 3.53. The number of hydrogen-bond acceptors (Lipinski definition) is 3. The topological polar surface area (TPSA) is 43.7 Å². The number of hydrogen-bond donors (Lipinski definition) is 2. The van der Waals surface area contributed by atoms with Crippen molar-refractivity contribution in [2.45, 2.75) is 69.6 Å². The summed E-state index contributed by atoms with van der Waals surface area (Å²) in [6, 6.07) is 20.9. The van der Waals surface area contributed by atoms with Gasteiger partial charge in [0.15, 0.2) is 0 Å². The van der Waals surface area contributed by atoms with Gasteiger partial charge in [-0.05, 0) is 66.5 Å². The molecule has 0 radical (unpaired) electrons. The largest absolute Gasteiger partial charge is 0.424 e. The maximum atomic E-state index is 12.5. The summed E-state index contributed by atoms with van der Waals surface area (Å²) in [4.78, 5) is 15.0. The van der Waals surface area contributed by atoms with E-state index in [9.17, 15) is 9.90 Å². The van der Waals surface area contributed by atoms with Gasteiger partial charge in [0, 0.05) is 6.04 Å². The van der Waals surface area contributed by atoms with Crippen molar-refractivity contribution < 1.29 is 9.90 Å². The van der Waals surface area contributed by atoms with Crippen LogP contribution in [0.4, 0.5) is 0 Å². The molecule has 1 aliphatic heterocycles. The van der Waals surface area contributed by atoms with Gasteiger partial charge in [0.25, 0.3) is 8.32 Å². The summed E-state index contributed by atoms with van der Waals surface area (Å²) in [5.74, 6) is 0.424. The van der Waals surface area contributed by atoms with Gasteiger partial charge in [-0.15, -0.1) is 0 Å². The average Bonchev–Trinajstić information content (AvgIpc) is 3.28. The molecule has 2 aromatic rings. The zero-order valence-electron chi connectivity index (χ0n) is 18.5. The third kappa shape index (κ3) is 4.03. The zero-order chi connectivity index (χ0) is 21.2. The van der Waals surface area contributed by atoms with Crippen molar-refractivity contribution in [1.29, 1.82) is 0 Å². The van der Waals surface area contributed by atoms with E-state index >= 15 is 0 Å². The fourth-order valence-electron chi connectivity index (χ4n) is 6.16. The Labute approximate surface area is 182 Å². The van der Waals surface area contributed by atoms with Crippen LogP contribution in [0.2, 0.25) is 5.04 Å². The van der Waals surface area contributed by atoms with Gasteiger partial charge in [0.1, 0.15) is 0 Å². The van der Waals surface area contributed by atoms with E-state index in [2.05, 4.69) is 43.0 Å². The number of benzene rings is 2. The monoisotopic (exact) mass is 423 g/mol. The second kappa shape index (κ2) is 8.95. The zero-order valence-corrected chi connectivity index (χ0v) is 19.5. The van der Waals surface area contributed by atoms with Crippen LogP contribution in [0.15, 0.2) is 60.7 Å². The quantitative estimate of drug-likeness (QED) is 0.699. The highest BCUT2D eigenvalue weighted by molar-refractivity contribution is 6.98. The lowest BCUT2D eigenvalue weighted by Gasteiger charge is -2.48. The highest BCUT2D eigenvalue weighted by atomic mass is 28.4. The molecule has 3 nitrogen and oxygen atoms in total. The molecular formula is C26H37NO2Si. The van der Waals surface area contributed by atoms with Crippen LogP contribution >= 0.6 is 0 Å². The van der Waals surface area contributed by atoms with Crippen LogP contribution in [0.5, 0.6) is 0 Å². The molecule has 3 atom stereocenters. The fraction of sp³-hybridized carbons (Fsp3) is 0.538. The van der Waals surface area contributed by atoms with Gasteiger partial charge in [-0.25, -0.2) is 0 Å². The predicted molar refractivity (Wildman–Crippen MR) is 127 cm³/mol. The van der Waals surface area contributed by atoms with E-state index in [4.69, 9.17) is 0 Å². The summed E-state index contributed by atoms with van der Waals surface area (Å²) < 4.78 is 0. The molecule has 2 aliphatic rings. The minimum Gasteiger partial charge on any atom is -0.424 e. The molecule has 0 bridgehead atoms. The standard InChI is InChI=1S/C26H37NO2Si/c1-26(2,20-21-12-11-17-24(28)25(21)27-18-9-10-19-27)30(29,22-13-5-3-6-14-22)23-15-7-4-8-16-23/h3-8,13-16,21,24-25,28-29H,9-12,17-20H2,1-2H3/t21-,24-,25-/m1/s1. The van der Waals surface area contributed by atoms with E-state index in [0.29, 0.717) is 5.92 Å². The van der Waals surface area contributed by atoms with Crippen molar-refractivity contribution in [3.63, 3.8) is 0 Å². The van der Waals surface area contributed by atoms with Crippen LogP contribution < -0.4 is 10.4 Å². The molecule has 2 fully saturated rings. The Hall–Kier alpha value is -1.46. The van der Waals surface area contributed by atoms with Gasteiger partial charge in [-0.2, -0.15) is 0 Å². The smallest absolute Gasteiger partial charge is 0.258 e. The summed E-state index contributed by atoms with van der Waals surface area (Å²) in [5.41, 5.74) is 0. The van der Waals surface area contributed by atoms with Gasteiger partial charge in [0.05, 0.1) is 6.10 Å². The molecule has 4 heteroatoms. The van der Waals surface area contributed by atoms with Gasteiger partial charge >= 0.3 is 0 Å². The summed E-state index contributed by atoms with van der Waals surface area (Å²) in [5, 5.41) is 12.8. The second-order valence-electron chi connectivity index (χ2n) is 10.0. The van der Waals surface area contributed by atoms with Crippen molar-refractivity contribution in [2.75, 3.05) is 13.1 Å².